The van der Waals surface area contributed by atoms with Crippen LogP contribution in [0.2, 0.25) is 0 Å². The van der Waals surface area contributed by atoms with Gasteiger partial charge >= 0.3 is 0 Å². The zero-order valence-electron chi connectivity index (χ0n) is 17.2. The Morgan fingerprint density at radius 1 is 1.07 bits per heavy atom. The smallest absolute Gasteiger partial charge is 0.228 e. The normalized spacial score (nSPS) is 24.0. The van der Waals surface area contributed by atoms with Crippen molar-refractivity contribution in [2.75, 3.05) is 44.3 Å². The van der Waals surface area contributed by atoms with Gasteiger partial charge in [-0.25, -0.2) is 0 Å². The molecule has 3 heterocycles. The van der Waals surface area contributed by atoms with Crippen LogP contribution in [-0.4, -0.2) is 62.1 Å². The molecule has 0 spiro atoms. The molecule has 1 aliphatic carbocycles. The van der Waals surface area contributed by atoms with Crippen molar-refractivity contribution in [1.82, 2.24) is 10.2 Å². The number of ether oxygens (including phenoxy) is 2. The van der Waals surface area contributed by atoms with Gasteiger partial charge in [-0.2, -0.15) is 0 Å². The van der Waals surface area contributed by atoms with Crippen molar-refractivity contribution in [1.29, 1.82) is 0 Å². The number of carbonyl (C=O) groups excluding carboxylic acids is 2. The molecule has 1 saturated carbocycles. The van der Waals surface area contributed by atoms with E-state index in [2.05, 4.69) is 5.32 Å². The molecule has 1 aromatic carbocycles. The van der Waals surface area contributed by atoms with Gasteiger partial charge in [-0.15, -0.1) is 12.4 Å². The van der Waals surface area contributed by atoms with Crippen molar-refractivity contribution >= 4 is 29.9 Å². The summed E-state index contributed by atoms with van der Waals surface area (Å²) >= 11 is 0. The van der Waals surface area contributed by atoms with Crippen LogP contribution in [0.4, 0.5) is 5.69 Å². The maximum absolute atomic E-state index is 13.0. The molecule has 1 N–H and O–H groups in total. The first-order chi connectivity index (χ1) is 14.2. The van der Waals surface area contributed by atoms with Gasteiger partial charge in [0.15, 0.2) is 11.5 Å². The number of carbonyl (C=O) groups is 2. The molecule has 1 aromatic rings. The molecule has 1 unspecified atom stereocenters. The molecule has 2 saturated heterocycles. The molecule has 8 heteroatoms. The first-order valence-electron chi connectivity index (χ1n) is 10.9. The van der Waals surface area contributed by atoms with Crippen molar-refractivity contribution in [3.63, 3.8) is 0 Å². The maximum atomic E-state index is 13.0. The predicted molar refractivity (Wildman–Crippen MR) is 115 cm³/mol. The lowest BCUT2D eigenvalue weighted by Gasteiger charge is -2.34. The summed E-state index contributed by atoms with van der Waals surface area (Å²) in [5.74, 6) is 2.12. The van der Waals surface area contributed by atoms with E-state index < -0.39 is 0 Å². The largest absolute Gasteiger partial charge is 0.486 e. The number of rotatable bonds is 5. The highest BCUT2D eigenvalue weighted by Gasteiger charge is 2.38. The van der Waals surface area contributed by atoms with Gasteiger partial charge < -0.3 is 24.6 Å². The van der Waals surface area contributed by atoms with Crippen LogP contribution in [0, 0.1) is 11.8 Å². The third kappa shape index (κ3) is 4.52. The molecular formula is C22H30ClN3O4. The average molecular weight is 436 g/mol. The molecule has 3 aliphatic heterocycles. The van der Waals surface area contributed by atoms with E-state index in [4.69, 9.17) is 9.47 Å². The summed E-state index contributed by atoms with van der Waals surface area (Å²) in [4.78, 5) is 29.3. The minimum absolute atomic E-state index is 0. The second-order valence-corrected chi connectivity index (χ2v) is 8.68. The number of likely N-dealkylation sites (tertiary alicyclic amines) is 1. The van der Waals surface area contributed by atoms with E-state index in [-0.39, 0.29) is 36.6 Å². The fraction of sp³-hybridized carbons (Fsp3) is 0.636. The van der Waals surface area contributed by atoms with Crippen LogP contribution in [0.15, 0.2) is 18.2 Å². The molecule has 2 amide bonds. The second kappa shape index (κ2) is 9.02. The van der Waals surface area contributed by atoms with Gasteiger partial charge in [-0.1, -0.05) is 0 Å². The SMILES string of the molecule is Cl.O=C(C1CC(=O)N(c2ccc3c(c2)OCCO3)C1)N1CCC(NCC2CC2)CC1. The van der Waals surface area contributed by atoms with Crippen LogP contribution in [0.1, 0.15) is 32.1 Å². The second-order valence-electron chi connectivity index (χ2n) is 8.68. The molecule has 7 nitrogen and oxygen atoms in total. The number of nitrogens with zero attached hydrogens (tertiary/aromatic N) is 2. The minimum atomic E-state index is -0.258. The monoisotopic (exact) mass is 435 g/mol. The predicted octanol–water partition coefficient (Wildman–Crippen LogP) is 2.22. The number of anilines is 1. The topological polar surface area (TPSA) is 71.1 Å². The van der Waals surface area contributed by atoms with E-state index >= 15 is 0 Å². The standard InChI is InChI=1S/C22H29N3O4.ClH/c26-21-11-16(14-25(21)18-3-4-19-20(12-18)29-10-9-28-19)22(27)24-7-5-17(6-8-24)23-13-15-1-2-15;/h3-4,12,15-17,23H,1-2,5-11,13-14H2;1H. The Bertz CT molecular complexity index is 793. The van der Waals surface area contributed by atoms with E-state index in [1.165, 1.54) is 12.8 Å². The lowest BCUT2D eigenvalue weighted by Crippen LogP contribution is -2.47. The number of benzene rings is 1. The molecular weight excluding hydrogens is 406 g/mol. The van der Waals surface area contributed by atoms with Gasteiger partial charge in [0, 0.05) is 43.9 Å². The number of nitrogens with one attached hydrogen (secondary N) is 1. The van der Waals surface area contributed by atoms with Crippen molar-refractivity contribution in [2.45, 2.75) is 38.1 Å². The third-order valence-electron chi connectivity index (χ3n) is 6.51. The third-order valence-corrected chi connectivity index (χ3v) is 6.51. The highest BCUT2D eigenvalue weighted by molar-refractivity contribution is 6.00. The molecule has 4 aliphatic rings. The number of piperidine rings is 1. The first-order valence-corrected chi connectivity index (χ1v) is 10.9. The summed E-state index contributed by atoms with van der Waals surface area (Å²) in [6.45, 7) is 4.19. The Labute approximate surface area is 183 Å². The van der Waals surface area contributed by atoms with Crippen molar-refractivity contribution in [3.8, 4) is 11.5 Å². The molecule has 0 bridgehead atoms. The molecule has 5 rings (SSSR count). The van der Waals surface area contributed by atoms with Crippen molar-refractivity contribution < 1.29 is 19.1 Å². The fourth-order valence-corrected chi connectivity index (χ4v) is 4.54. The Hall–Kier alpha value is -1.99. The molecule has 0 radical (unpaired) electrons. The summed E-state index contributed by atoms with van der Waals surface area (Å²) in [5, 5.41) is 3.65. The van der Waals surface area contributed by atoms with E-state index in [1.54, 1.807) is 4.90 Å². The van der Waals surface area contributed by atoms with Crippen LogP contribution in [0.3, 0.4) is 0 Å². The van der Waals surface area contributed by atoms with Gasteiger partial charge in [0.25, 0.3) is 0 Å². The zero-order chi connectivity index (χ0) is 19.8. The maximum Gasteiger partial charge on any atom is 0.228 e. The quantitative estimate of drug-likeness (QED) is 0.767. The Kier molecular flexibility index (Phi) is 6.39. The lowest BCUT2D eigenvalue weighted by atomic mass is 10.0. The molecule has 3 fully saturated rings. The zero-order valence-corrected chi connectivity index (χ0v) is 18.0. The average Bonchev–Trinajstić information content (AvgIpc) is 3.51. The summed E-state index contributed by atoms with van der Waals surface area (Å²) in [6, 6.07) is 6.08. The number of halogens is 1. The number of amides is 2. The number of hydrogen-bond acceptors (Lipinski definition) is 5. The molecule has 1 atom stereocenters. The van der Waals surface area contributed by atoms with Gasteiger partial charge in [-0.3, -0.25) is 9.59 Å². The van der Waals surface area contributed by atoms with E-state index in [1.807, 2.05) is 23.1 Å². The van der Waals surface area contributed by atoms with E-state index in [0.717, 1.165) is 44.1 Å². The van der Waals surface area contributed by atoms with Gasteiger partial charge in [-0.05, 0) is 50.3 Å². The van der Waals surface area contributed by atoms with Crippen LogP contribution >= 0.6 is 12.4 Å². The van der Waals surface area contributed by atoms with E-state index in [0.29, 0.717) is 37.3 Å². The van der Waals surface area contributed by atoms with Gasteiger partial charge in [0.05, 0.1) is 5.92 Å². The summed E-state index contributed by atoms with van der Waals surface area (Å²) in [5.41, 5.74) is 0.775. The Morgan fingerprint density at radius 3 is 2.53 bits per heavy atom. The Morgan fingerprint density at radius 2 is 1.80 bits per heavy atom. The molecule has 164 valence electrons. The first kappa shape index (κ1) is 21.2. The minimum Gasteiger partial charge on any atom is -0.486 e. The number of hydrogen-bond donors (Lipinski definition) is 1. The molecule has 0 aromatic heterocycles. The number of fused-ring (bicyclic) bond motifs is 1. The van der Waals surface area contributed by atoms with Gasteiger partial charge in [0.2, 0.25) is 11.8 Å². The summed E-state index contributed by atoms with van der Waals surface area (Å²) < 4.78 is 11.2. The highest BCUT2D eigenvalue weighted by Crippen LogP contribution is 2.36. The van der Waals surface area contributed by atoms with Gasteiger partial charge in [0.1, 0.15) is 13.2 Å². The molecule has 30 heavy (non-hydrogen) atoms. The van der Waals surface area contributed by atoms with Crippen LogP contribution in [0.25, 0.3) is 0 Å². The van der Waals surface area contributed by atoms with Crippen LogP contribution in [0.5, 0.6) is 11.5 Å². The fourth-order valence-electron chi connectivity index (χ4n) is 4.54. The lowest BCUT2D eigenvalue weighted by molar-refractivity contribution is -0.136. The summed E-state index contributed by atoms with van der Waals surface area (Å²) in [6.07, 6.45) is 5.02. The van der Waals surface area contributed by atoms with Crippen molar-refractivity contribution in [2.24, 2.45) is 11.8 Å². The highest BCUT2D eigenvalue weighted by atomic mass is 35.5. The van der Waals surface area contributed by atoms with Crippen LogP contribution in [-0.2, 0) is 9.59 Å². The van der Waals surface area contributed by atoms with Crippen molar-refractivity contribution in [3.05, 3.63) is 18.2 Å². The van der Waals surface area contributed by atoms with Crippen LogP contribution < -0.4 is 19.7 Å². The van der Waals surface area contributed by atoms with E-state index in [9.17, 15) is 9.59 Å². The Balaban J connectivity index is 0.00000218. The summed E-state index contributed by atoms with van der Waals surface area (Å²) in [7, 11) is 0.